The molecular formula is C14H14BrFN2O. The molecule has 0 bridgehead atoms. The molecule has 0 spiro atoms. The maximum absolute atomic E-state index is 13.0. The molecule has 0 radical (unpaired) electrons. The van der Waals surface area contributed by atoms with Crippen LogP contribution in [0, 0.1) is 5.82 Å². The second kappa shape index (κ2) is 6.63. The molecule has 0 aliphatic carbocycles. The van der Waals surface area contributed by atoms with Gasteiger partial charge in [-0.2, -0.15) is 0 Å². The number of rotatable bonds is 5. The zero-order valence-electron chi connectivity index (χ0n) is 10.5. The lowest BCUT2D eigenvalue weighted by molar-refractivity contribution is 0.185. The highest BCUT2D eigenvalue weighted by molar-refractivity contribution is 9.10. The second-order valence-electron chi connectivity index (χ2n) is 4.06. The van der Waals surface area contributed by atoms with Crippen molar-refractivity contribution in [3.05, 3.63) is 58.1 Å². The maximum Gasteiger partial charge on any atom is 0.141 e. The van der Waals surface area contributed by atoms with Crippen molar-refractivity contribution >= 4 is 21.6 Å². The molecule has 0 saturated carbocycles. The fourth-order valence-electron chi connectivity index (χ4n) is 1.77. The van der Waals surface area contributed by atoms with Gasteiger partial charge in [-0.15, -0.1) is 0 Å². The first-order chi connectivity index (χ1) is 9.20. The Morgan fingerprint density at radius 1 is 1.37 bits per heavy atom. The van der Waals surface area contributed by atoms with Crippen molar-refractivity contribution in [2.75, 3.05) is 12.4 Å². The number of methoxy groups -OCH3 is 1. The molecule has 0 atom stereocenters. The summed E-state index contributed by atoms with van der Waals surface area (Å²) < 4.78 is 19.2. The monoisotopic (exact) mass is 324 g/mol. The highest BCUT2D eigenvalue weighted by Gasteiger charge is 2.06. The van der Waals surface area contributed by atoms with Crippen LogP contribution in [-0.4, -0.2) is 12.1 Å². The maximum atomic E-state index is 13.0. The molecule has 1 heterocycles. The summed E-state index contributed by atoms with van der Waals surface area (Å²) in [5.74, 6) is -0.328. The van der Waals surface area contributed by atoms with Crippen LogP contribution in [-0.2, 0) is 17.9 Å². The van der Waals surface area contributed by atoms with Crippen LogP contribution in [0.5, 0.6) is 0 Å². The van der Waals surface area contributed by atoms with Crippen molar-refractivity contribution in [2.24, 2.45) is 0 Å². The van der Waals surface area contributed by atoms with Gasteiger partial charge in [0.1, 0.15) is 5.82 Å². The third-order valence-corrected chi connectivity index (χ3v) is 3.39. The molecule has 1 aromatic carbocycles. The Kier molecular flexibility index (Phi) is 4.87. The standard InChI is InChI=1S/C14H14BrFN2O/c1-19-9-12-13(15)3-2-4-14(12)18-7-10-5-11(16)8-17-6-10/h2-6,8,18H,7,9H2,1H3. The number of nitrogens with zero attached hydrogens (tertiary/aromatic N) is 1. The summed E-state index contributed by atoms with van der Waals surface area (Å²) in [5.41, 5.74) is 2.79. The van der Waals surface area contributed by atoms with Gasteiger partial charge in [-0.25, -0.2) is 4.39 Å². The average molecular weight is 325 g/mol. The van der Waals surface area contributed by atoms with Crippen LogP contribution < -0.4 is 5.32 Å². The Bertz CT molecular complexity index is 563. The zero-order chi connectivity index (χ0) is 13.7. The van der Waals surface area contributed by atoms with Crippen molar-refractivity contribution in [3.63, 3.8) is 0 Å². The summed E-state index contributed by atoms with van der Waals surface area (Å²) in [7, 11) is 1.65. The number of halogens is 2. The molecule has 3 nitrogen and oxygen atoms in total. The molecule has 0 aliphatic heterocycles. The van der Waals surface area contributed by atoms with Gasteiger partial charge in [0.15, 0.2) is 0 Å². The normalized spacial score (nSPS) is 10.5. The van der Waals surface area contributed by atoms with Crippen LogP contribution in [0.15, 0.2) is 41.1 Å². The average Bonchev–Trinajstić information content (AvgIpc) is 2.40. The second-order valence-corrected chi connectivity index (χ2v) is 4.92. The van der Waals surface area contributed by atoms with Gasteiger partial charge >= 0.3 is 0 Å². The summed E-state index contributed by atoms with van der Waals surface area (Å²) in [4.78, 5) is 3.82. The summed E-state index contributed by atoms with van der Waals surface area (Å²) in [6.07, 6.45) is 2.84. The van der Waals surface area contributed by atoms with Crippen LogP contribution >= 0.6 is 15.9 Å². The smallest absolute Gasteiger partial charge is 0.141 e. The summed E-state index contributed by atoms with van der Waals surface area (Å²) in [6.45, 7) is 1.02. The van der Waals surface area contributed by atoms with E-state index < -0.39 is 0 Å². The first-order valence-corrected chi connectivity index (χ1v) is 6.59. The van der Waals surface area contributed by atoms with E-state index in [4.69, 9.17) is 4.74 Å². The lowest BCUT2D eigenvalue weighted by Crippen LogP contribution is -2.04. The van der Waals surface area contributed by atoms with Crippen LogP contribution in [0.4, 0.5) is 10.1 Å². The van der Waals surface area contributed by atoms with Crippen LogP contribution in [0.2, 0.25) is 0 Å². The number of ether oxygens (including phenoxy) is 1. The Morgan fingerprint density at radius 2 is 2.21 bits per heavy atom. The van der Waals surface area contributed by atoms with Gasteiger partial charge in [0.25, 0.3) is 0 Å². The number of hydrogen-bond donors (Lipinski definition) is 1. The lowest BCUT2D eigenvalue weighted by atomic mass is 10.2. The third-order valence-electron chi connectivity index (χ3n) is 2.65. The number of benzene rings is 1. The van der Waals surface area contributed by atoms with Gasteiger partial charge in [0.05, 0.1) is 12.8 Å². The fraction of sp³-hybridized carbons (Fsp3) is 0.214. The molecule has 1 N–H and O–H groups in total. The lowest BCUT2D eigenvalue weighted by Gasteiger charge is -2.13. The molecule has 100 valence electrons. The molecule has 2 rings (SSSR count). The first-order valence-electron chi connectivity index (χ1n) is 5.80. The summed E-state index contributed by atoms with van der Waals surface area (Å²) in [6, 6.07) is 7.33. The van der Waals surface area contributed by atoms with Crippen molar-refractivity contribution in [1.29, 1.82) is 0 Å². The molecule has 0 unspecified atom stereocenters. The first kappa shape index (κ1) is 14.0. The van der Waals surface area contributed by atoms with Gasteiger partial charge in [-0.05, 0) is 23.8 Å². The van der Waals surface area contributed by atoms with E-state index in [1.807, 2.05) is 18.2 Å². The Balaban J connectivity index is 2.13. The minimum Gasteiger partial charge on any atom is -0.381 e. The molecule has 0 amide bonds. The third kappa shape index (κ3) is 3.75. The number of pyridine rings is 1. The van der Waals surface area contributed by atoms with Gasteiger partial charge in [0.2, 0.25) is 0 Å². The minimum absolute atomic E-state index is 0.328. The topological polar surface area (TPSA) is 34.1 Å². The Labute approximate surface area is 119 Å². The van der Waals surface area contributed by atoms with Gasteiger partial charge in [0, 0.05) is 35.6 Å². The van der Waals surface area contributed by atoms with E-state index >= 15 is 0 Å². The number of hydrogen-bond acceptors (Lipinski definition) is 3. The van der Waals surface area contributed by atoms with E-state index in [0.717, 1.165) is 21.3 Å². The van der Waals surface area contributed by atoms with E-state index in [1.165, 1.54) is 12.3 Å². The predicted octanol–water partition coefficient (Wildman–Crippen LogP) is 3.74. The molecule has 5 heteroatoms. The molecule has 0 fully saturated rings. The van der Waals surface area contributed by atoms with Crippen LogP contribution in [0.25, 0.3) is 0 Å². The minimum atomic E-state index is -0.328. The Hall–Kier alpha value is -1.46. The van der Waals surface area contributed by atoms with E-state index in [-0.39, 0.29) is 5.82 Å². The molecule has 19 heavy (non-hydrogen) atoms. The highest BCUT2D eigenvalue weighted by atomic mass is 79.9. The van der Waals surface area contributed by atoms with E-state index in [1.54, 1.807) is 13.3 Å². The molecule has 0 aliphatic rings. The van der Waals surface area contributed by atoms with E-state index in [0.29, 0.717) is 13.2 Å². The van der Waals surface area contributed by atoms with Gasteiger partial charge in [-0.1, -0.05) is 22.0 Å². The quantitative estimate of drug-likeness (QED) is 0.909. The zero-order valence-corrected chi connectivity index (χ0v) is 12.1. The molecule has 1 aromatic heterocycles. The van der Waals surface area contributed by atoms with E-state index in [9.17, 15) is 4.39 Å². The number of aromatic nitrogens is 1. The fourth-order valence-corrected chi connectivity index (χ4v) is 2.25. The SMILES string of the molecule is COCc1c(Br)cccc1NCc1cncc(F)c1. The van der Waals surface area contributed by atoms with Crippen molar-refractivity contribution in [1.82, 2.24) is 4.98 Å². The van der Waals surface area contributed by atoms with Gasteiger partial charge < -0.3 is 10.1 Å². The summed E-state index contributed by atoms with van der Waals surface area (Å²) in [5, 5.41) is 3.27. The van der Waals surface area contributed by atoms with Crippen molar-refractivity contribution in [2.45, 2.75) is 13.2 Å². The van der Waals surface area contributed by atoms with Crippen molar-refractivity contribution < 1.29 is 9.13 Å². The van der Waals surface area contributed by atoms with Crippen LogP contribution in [0.3, 0.4) is 0 Å². The summed E-state index contributed by atoms with van der Waals surface area (Å²) >= 11 is 3.49. The predicted molar refractivity (Wildman–Crippen MR) is 76.4 cm³/mol. The number of anilines is 1. The van der Waals surface area contributed by atoms with Crippen molar-refractivity contribution in [3.8, 4) is 0 Å². The number of nitrogens with one attached hydrogen (secondary N) is 1. The largest absolute Gasteiger partial charge is 0.381 e. The molecule has 0 saturated heterocycles. The Morgan fingerprint density at radius 3 is 2.95 bits per heavy atom. The molecular weight excluding hydrogens is 311 g/mol. The highest BCUT2D eigenvalue weighted by Crippen LogP contribution is 2.26. The molecule has 2 aromatic rings. The van der Waals surface area contributed by atoms with E-state index in [2.05, 4.69) is 26.2 Å². The van der Waals surface area contributed by atoms with Gasteiger partial charge in [-0.3, -0.25) is 4.98 Å². The van der Waals surface area contributed by atoms with Crippen LogP contribution in [0.1, 0.15) is 11.1 Å².